The van der Waals surface area contributed by atoms with Crippen molar-refractivity contribution >= 4 is 33.3 Å². The third-order valence-corrected chi connectivity index (χ3v) is 6.90. The Balaban J connectivity index is 1.49. The highest BCUT2D eigenvalue weighted by Gasteiger charge is 2.52. The summed E-state index contributed by atoms with van der Waals surface area (Å²) in [5, 5.41) is 7.46. The number of rotatable bonds is 5. The molecule has 1 aliphatic rings. The Morgan fingerprint density at radius 1 is 1.05 bits per heavy atom. The van der Waals surface area contributed by atoms with Gasteiger partial charge >= 0.3 is 27.7 Å². The van der Waals surface area contributed by atoms with Gasteiger partial charge in [-0.05, 0) is 29.8 Å². The third-order valence-electron chi connectivity index (χ3n) is 5.40. The minimum absolute atomic E-state index is 0.0166. The second-order valence-electron chi connectivity index (χ2n) is 7.82. The van der Waals surface area contributed by atoms with Crippen molar-refractivity contribution in [3.05, 3.63) is 65.6 Å². The van der Waals surface area contributed by atoms with E-state index in [1.807, 2.05) is 0 Å². The van der Waals surface area contributed by atoms with Gasteiger partial charge in [0.1, 0.15) is 11.3 Å². The molecule has 4 rings (SSSR count). The lowest BCUT2D eigenvalue weighted by Gasteiger charge is -2.32. The van der Waals surface area contributed by atoms with Crippen LogP contribution in [0.1, 0.15) is 21.7 Å². The maximum atomic E-state index is 13.5. The zero-order valence-electron chi connectivity index (χ0n) is 19.3. The number of ether oxygens (including phenoxy) is 1. The number of pyridine rings is 1. The molecule has 0 unspecified atom stereocenters. The number of nitrogens with one attached hydrogen (secondary N) is 1. The van der Waals surface area contributed by atoms with E-state index in [9.17, 15) is 39.6 Å². The molecule has 0 saturated heterocycles. The predicted octanol–water partition coefficient (Wildman–Crippen LogP) is 3.17. The Hall–Kier alpha value is -4.02. The summed E-state index contributed by atoms with van der Waals surface area (Å²) in [6.07, 6.45) is -3.57. The lowest BCUT2D eigenvalue weighted by Crippen LogP contribution is -2.51. The van der Waals surface area contributed by atoms with E-state index in [1.165, 1.54) is 53.7 Å². The molecule has 2 aromatic heterocycles. The number of halogens is 6. The number of fused-ring (bicyclic) bond motifs is 1. The quantitative estimate of drug-likeness (QED) is 0.477. The second kappa shape index (κ2) is 9.70. The van der Waals surface area contributed by atoms with Crippen molar-refractivity contribution in [2.75, 3.05) is 25.2 Å². The molecule has 1 aromatic carbocycles. The van der Waals surface area contributed by atoms with Crippen molar-refractivity contribution in [2.45, 2.75) is 18.2 Å². The van der Waals surface area contributed by atoms with Crippen LogP contribution in [-0.2, 0) is 27.5 Å². The van der Waals surface area contributed by atoms with Gasteiger partial charge in [0.2, 0.25) is 0 Å². The van der Waals surface area contributed by atoms with Gasteiger partial charge in [-0.25, -0.2) is 9.29 Å². The van der Waals surface area contributed by atoms with Crippen LogP contribution in [0.3, 0.4) is 0 Å². The molecule has 0 atom stereocenters. The Kier molecular flexibility index (Phi) is 6.90. The highest BCUT2D eigenvalue weighted by atomic mass is 32.2. The van der Waals surface area contributed by atoms with Crippen molar-refractivity contribution in [3.63, 3.8) is 0 Å². The normalized spacial score (nSPS) is 15.0. The zero-order chi connectivity index (χ0) is 27.9. The van der Waals surface area contributed by atoms with Crippen LogP contribution < -0.4 is 10.3 Å². The van der Waals surface area contributed by atoms with Crippen molar-refractivity contribution in [1.82, 2.24) is 19.0 Å². The average Bonchev–Trinajstić information content (AvgIpc) is 3.27. The van der Waals surface area contributed by atoms with Gasteiger partial charge in [0.25, 0.3) is 5.91 Å². The minimum atomic E-state index is -5.70. The van der Waals surface area contributed by atoms with Crippen molar-refractivity contribution in [1.29, 1.82) is 0 Å². The number of methoxy groups -OCH3 is 1. The monoisotopic (exact) mass is 564 g/mol. The standard InChI is InChI=1S/C21H18F6N6O4S/c1-37-19-30-32(10-11-33(19)38(35,36)21(25,26)27)14-7-5-13(6-8-14)12-28-18(34)16-17(20(22,23)24)29-15-4-2-3-9-31(15)16/h2-9H,10-12H2,1H3,(H,28,34). The Labute approximate surface area is 211 Å². The van der Waals surface area contributed by atoms with Crippen LogP contribution in [0, 0.1) is 0 Å². The number of hydrogen-bond acceptors (Lipinski definition) is 7. The van der Waals surface area contributed by atoms with Gasteiger partial charge in [0.05, 0.1) is 25.9 Å². The van der Waals surface area contributed by atoms with Crippen LogP contribution in [0.25, 0.3) is 5.65 Å². The Morgan fingerprint density at radius 2 is 1.74 bits per heavy atom. The van der Waals surface area contributed by atoms with Gasteiger partial charge in [0.15, 0.2) is 5.69 Å². The molecule has 204 valence electrons. The van der Waals surface area contributed by atoms with E-state index < -0.39 is 51.6 Å². The highest BCUT2D eigenvalue weighted by molar-refractivity contribution is 7.90. The fourth-order valence-corrected chi connectivity index (χ4v) is 4.51. The first-order chi connectivity index (χ1) is 17.7. The number of nitrogens with zero attached hydrogens (tertiary/aromatic N) is 5. The molecule has 3 aromatic rings. The topological polar surface area (TPSA) is 109 Å². The summed E-state index contributed by atoms with van der Waals surface area (Å²) in [5.41, 5.74) is -6.73. The number of carbonyl (C=O) groups is 1. The fraction of sp³-hybridized carbons (Fsp3) is 0.286. The number of hydrogen-bond donors (Lipinski definition) is 1. The summed E-state index contributed by atoms with van der Waals surface area (Å²) in [7, 11) is -4.73. The number of hydrazone groups is 1. The largest absolute Gasteiger partial charge is 0.516 e. The van der Waals surface area contributed by atoms with Gasteiger partial charge in [-0.1, -0.05) is 18.2 Å². The summed E-state index contributed by atoms with van der Waals surface area (Å²) < 4.78 is 108. The van der Waals surface area contributed by atoms with E-state index in [2.05, 4.69) is 15.4 Å². The van der Waals surface area contributed by atoms with Crippen LogP contribution in [0.2, 0.25) is 0 Å². The van der Waals surface area contributed by atoms with E-state index in [0.29, 0.717) is 11.3 Å². The number of imidazole rings is 1. The molecule has 0 saturated carbocycles. The minimum Gasteiger partial charge on any atom is -0.467 e. The van der Waals surface area contributed by atoms with Gasteiger partial charge in [-0.15, -0.1) is 5.10 Å². The summed E-state index contributed by atoms with van der Waals surface area (Å²) in [6.45, 7) is -0.972. The van der Waals surface area contributed by atoms with Crippen LogP contribution in [-0.4, -0.2) is 59.7 Å². The maximum Gasteiger partial charge on any atom is 0.516 e. The van der Waals surface area contributed by atoms with E-state index in [4.69, 9.17) is 4.74 Å². The number of amides is 1. The van der Waals surface area contributed by atoms with Crippen molar-refractivity contribution < 1.29 is 44.3 Å². The molecule has 38 heavy (non-hydrogen) atoms. The molecule has 0 fully saturated rings. The van der Waals surface area contributed by atoms with E-state index in [1.54, 1.807) is 0 Å². The predicted molar refractivity (Wildman–Crippen MR) is 121 cm³/mol. The molecular weight excluding hydrogens is 546 g/mol. The van der Waals surface area contributed by atoms with Gasteiger partial charge in [-0.3, -0.25) is 14.2 Å². The highest BCUT2D eigenvalue weighted by Crippen LogP contribution is 2.32. The maximum absolute atomic E-state index is 13.5. The number of aromatic nitrogens is 2. The number of amidine groups is 1. The Bertz CT molecular complexity index is 1480. The molecule has 1 N–H and O–H groups in total. The zero-order valence-corrected chi connectivity index (χ0v) is 20.1. The van der Waals surface area contributed by atoms with E-state index in [-0.39, 0.29) is 23.0 Å². The van der Waals surface area contributed by atoms with Crippen LogP contribution in [0.5, 0.6) is 0 Å². The smallest absolute Gasteiger partial charge is 0.467 e. The third kappa shape index (κ3) is 5.05. The molecule has 0 bridgehead atoms. The summed E-state index contributed by atoms with van der Waals surface area (Å²) in [5.74, 6) is -1.00. The molecule has 0 spiro atoms. The lowest BCUT2D eigenvalue weighted by atomic mass is 10.2. The van der Waals surface area contributed by atoms with Crippen molar-refractivity contribution in [3.8, 4) is 0 Å². The Morgan fingerprint density at radius 3 is 2.34 bits per heavy atom. The fourth-order valence-electron chi connectivity index (χ4n) is 3.62. The number of sulfonamides is 1. The molecule has 1 aliphatic heterocycles. The first kappa shape index (κ1) is 27.0. The SMILES string of the molecule is COC1=NN(c2ccc(CNC(=O)c3c(C(F)(F)F)nc4ccccn34)cc2)CCN1S(=O)(=O)C(F)(F)F. The molecule has 3 heterocycles. The van der Waals surface area contributed by atoms with Gasteiger partial charge in [0, 0.05) is 12.7 Å². The average molecular weight is 564 g/mol. The summed E-state index contributed by atoms with van der Waals surface area (Å²) >= 11 is 0. The molecule has 0 radical (unpaired) electrons. The summed E-state index contributed by atoms with van der Waals surface area (Å²) in [4.78, 5) is 16.2. The van der Waals surface area contributed by atoms with Crippen LogP contribution in [0.15, 0.2) is 53.8 Å². The molecular formula is C21H18F6N6O4S. The first-order valence-electron chi connectivity index (χ1n) is 10.6. The van der Waals surface area contributed by atoms with E-state index in [0.717, 1.165) is 11.5 Å². The number of benzene rings is 1. The molecule has 10 nitrogen and oxygen atoms in total. The molecule has 0 aliphatic carbocycles. The lowest BCUT2D eigenvalue weighted by molar-refractivity contribution is -0.141. The van der Waals surface area contributed by atoms with Crippen LogP contribution >= 0.6 is 0 Å². The van der Waals surface area contributed by atoms with Gasteiger partial charge in [-0.2, -0.15) is 34.8 Å². The first-order valence-corrected chi connectivity index (χ1v) is 12.1. The number of alkyl halides is 6. The second-order valence-corrected chi connectivity index (χ2v) is 9.67. The van der Waals surface area contributed by atoms with Crippen LogP contribution in [0.4, 0.5) is 32.0 Å². The van der Waals surface area contributed by atoms with E-state index >= 15 is 0 Å². The van der Waals surface area contributed by atoms with Crippen molar-refractivity contribution in [2.24, 2.45) is 5.10 Å². The van der Waals surface area contributed by atoms with Gasteiger partial charge < -0.3 is 10.1 Å². The molecule has 1 amide bonds. The summed E-state index contributed by atoms with van der Waals surface area (Å²) in [6, 6.07) is 9.49. The molecule has 17 heteroatoms. The number of anilines is 1. The number of carbonyl (C=O) groups excluding carboxylic acids is 1.